The van der Waals surface area contributed by atoms with Gasteiger partial charge < -0.3 is 14.6 Å². The van der Waals surface area contributed by atoms with Gasteiger partial charge in [0.05, 0.1) is 11.5 Å². The molecule has 1 atom stereocenters. The number of nitrogens with zero attached hydrogens (tertiary/aromatic N) is 1. The van der Waals surface area contributed by atoms with Gasteiger partial charge in [-0.2, -0.15) is 0 Å². The van der Waals surface area contributed by atoms with E-state index in [0.717, 1.165) is 0 Å². The number of carbonyl (C=O) groups excluding carboxylic acids is 1. The highest BCUT2D eigenvalue weighted by Gasteiger charge is 2.42. The Labute approximate surface area is 138 Å². The zero-order chi connectivity index (χ0) is 17.6. The minimum Gasteiger partial charge on any atom is -0.461 e. The van der Waals surface area contributed by atoms with Crippen LogP contribution in [0.1, 0.15) is 12.5 Å². The van der Waals surface area contributed by atoms with E-state index in [1.807, 2.05) is 0 Å². The van der Waals surface area contributed by atoms with E-state index < -0.39 is 16.7 Å². The summed E-state index contributed by atoms with van der Waals surface area (Å²) in [7, 11) is 0. The largest absolute Gasteiger partial charge is 0.461 e. The number of carbonyl (C=O) groups is 1. The van der Waals surface area contributed by atoms with Gasteiger partial charge in [-0.25, -0.2) is 4.79 Å². The van der Waals surface area contributed by atoms with Gasteiger partial charge in [-0.1, -0.05) is 42.5 Å². The van der Waals surface area contributed by atoms with Crippen molar-refractivity contribution in [2.24, 2.45) is 0 Å². The lowest BCUT2D eigenvalue weighted by molar-refractivity contribution is -0.386. The first-order chi connectivity index (χ1) is 11.5. The number of esters is 1. The van der Waals surface area contributed by atoms with Crippen LogP contribution in [0.25, 0.3) is 0 Å². The Kier molecular flexibility index (Phi) is 5.49. The molecular formula is C17H17NO6. The number of aliphatic hydroxyl groups is 1. The second-order valence-corrected chi connectivity index (χ2v) is 4.99. The molecule has 0 bridgehead atoms. The number of hydrogen-bond acceptors (Lipinski definition) is 6. The third kappa shape index (κ3) is 4.08. The zero-order valence-electron chi connectivity index (χ0n) is 13.0. The molecule has 126 valence electrons. The number of hydrogen-bond donors (Lipinski definition) is 1. The van der Waals surface area contributed by atoms with E-state index in [4.69, 9.17) is 9.47 Å². The van der Waals surface area contributed by atoms with Crippen LogP contribution in [0.5, 0.6) is 5.75 Å². The van der Waals surface area contributed by atoms with Crippen LogP contribution in [-0.4, -0.2) is 28.4 Å². The Bertz CT molecular complexity index is 718. The lowest BCUT2D eigenvalue weighted by Crippen LogP contribution is -2.48. The molecular weight excluding hydrogens is 314 g/mol. The summed E-state index contributed by atoms with van der Waals surface area (Å²) in [6.45, 7) is 1.63. The van der Waals surface area contributed by atoms with Crippen molar-refractivity contribution < 1.29 is 24.3 Å². The van der Waals surface area contributed by atoms with Crippen molar-refractivity contribution in [1.82, 2.24) is 0 Å². The molecule has 0 saturated heterocycles. The minimum absolute atomic E-state index is 0.0379. The highest BCUT2D eigenvalue weighted by atomic mass is 16.7. The van der Waals surface area contributed by atoms with Crippen LogP contribution in [0, 0.1) is 10.1 Å². The SMILES string of the molecule is CCOC(=O)C(O)(Cc1ccccc1)Oc1ccccc1[N+](=O)[O-]. The fourth-order valence-corrected chi connectivity index (χ4v) is 2.14. The molecule has 24 heavy (non-hydrogen) atoms. The van der Waals surface area contributed by atoms with Crippen LogP contribution in [0.4, 0.5) is 5.69 Å². The molecule has 0 aliphatic carbocycles. The summed E-state index contributed by atoms with van der Waals surface area (Å²) in [6.07, 6.45) is -0.210. The molecule has 0 saturated carbocycles. The summed E-state index contributed by atoms with van der Waals surface area (Å²) in [6, 6.07) is 14.2. The predicted molar refractivity (Wildman–Crippen MR) is 85.5 cm³/mol. The van der Waals surface area contributed by atoms with Gasteiger partial charge in [0.15, 0.2) is 0 Å². The van der Waals surface area contributed by atoms with E-state index in [9.17, 15) is 20.0 Å². The lowest BCUT2D eigenvalue weighted by Gasteiger charge is -2.26. The molecule has 0 fully saturated rings. The van der Waals surface area contributed by atoms with Crippen LogP contribution >= 0.6 is 0 Å². The van der Waals surface area contributed by atoms with E-state index in [1.54, 1.807) is 37.3 Å². The van der Waals surface area contributed by atoms with Crippen LogP contribution in [0.2, 0.25) is 0 Å². The number of nitro groups is 1. The molecule has 0 aromatic heterocycles. The van der Waals surface area contributed by atoms with Gasteiger partial charge >= 0.3 is 17.4 Å². The van der Waals surface area contributed by atoms with Crippen molar-refractivity contribution in [1.29, 1.82) is 0 Å². The molecule has 0 radical (unpaired) electrons. The maximum atomic E-state index is 12.2. The summed E-state index contributed by atoms with van der Waals surface area (Å²) < 4.78 is 10.2. The first-order valence-corrected chi connectivity index (χ1v) is 7.32. The molecule has 0 spiro atoms. The number of ether oxygens (including phenoxy) is 2. The fraction of sp³-hybridized carbons (Fsp3) is 0.235. The van der Waals surface area contributed by atoms with Crippen molar-refractivity contribution in [2.45, 2.75) is 19.1 Å². The number of benzene rings is 2. The van der Waals surface area contributed by atoms with Crippen LogP contribution in [-0.2, 0) is 16.0 Å². The average molecular weight is 331 g/mol. The summed E-state index contributed by atoms with van der Waals surface area (Å²) in [5.74, 6) is -3.59. The lowest BCUT2D eigenvalue weighted by atomic mass is 10.0. The van der Waals surface area contributed by atoms with E-state index in [1.165, 1.54) is 24.3 Å². The zero-order valence-corrected chi connectivity index (χ0v) is 13.0. The molecule has 2 aromatic rings. The Morgan fingerprint density at radius 1 is 1.17 bits per heavy atom. The van der Waals surface area contributed by atoms with Crippen molar-refractivity contribution in [3.8, 4) is 5.75 Å². The maximum absolute atomic E-state index is 12.2. The van der Waals surface area contributed by atoms with Crippen molar-refractivity contribution in [3.63, 3.8) is 0 Å². The first kappa shape index (κ1) is 17.4. The molecule has 1 N–H and O–H groups in total. The number of nitro benzene ring substituents is 1. The highest BCUT2D eigenvalue weighted by Crippen LogP contribution is 2.30. The van der Waals surface area contributed by atoms with Gasteiger partial charge in [-0.15, -0.1) is 0 Å². The third-order valence-corrected chi connectivity index (χ3v) is 3.22. The Hall–Kier alpha value is -2.93. The second-order valence-electron chi connectivity index (χ2n) is 4.99. The normalized spacial score (nSPS) is 12.9. The smallest absolute Gasteiger partial charge is 0.379 e. The monoisotopic (exact) mass is 331 g/mol. The Morgan fingerprint density at radius 3 is 2.42 bits per heavy atom. The van der Waals surface area contributed by atoms with E-state index in [2.05, 4.69) is 0 Å². The highest BCUT2D eigenvalue weighted by molar-refractivity contribution is 5.78. The number of para-hydroxylation sites is 2. The average Bonchev–Trinajstić information content (AvgIpc) is 2.56. The standard InChI is InChI=1S/C17H17NO6/c1-2-23-16(19)17(20,12-13-8-4-3-5-9-13)24-15-11-7-6-10-14(15)18(21)22/h3-11,20H,2,12H2,1H3. The predicted octanol–water partition coefficient (Wildman–Crippen LogP) is 2.47. The third-order valence-electron chi connectivity index (χ3n) is 3.22. The summed E-state index contributed by atoms with van der Waals surface area (Å²) in [5.41, 5.74) is 0.264. The molecule has 7 nitrogen and oxygen atoms in total. The fourth-order valence-electron chi connectivity index (χ4n) is 2.14. The van der Waals surface area contributed by atoms with Gasteiger partial charge in [-0.3, -0.25) is 10.1 Å². The van der Waals surface area contributed by atoms with Gasteiger partial charge in [0.25, 0.3) is 0 Å². The minimum atomic E-state index is -2.37. The Balaban J connectivity index is 2.36. The topological polar surface area (TPSA) is 98.9 Å². The summed E-state index contributed by atoms with van der Waals surface area (Å²) in [4.78, 5) is 22.6. The molecule has 0 heterocycles. The second kappa shape index (κ2) is 7.56. The van der Waals surface area contributed by atoms with Crippen molar-refractivity contribution in [2.75, 3.05) is 6.61 Å². The number of rotatable bonds is 7. The first-order valence-electron chi connectivity index (χ1n) is 7.32. The maximum Gasteiger partial charge on any atom is 0.379 e. The van der Waals surface area contributed by atoms with Crippen molar-refractivity contribution >= 4 is 11.7 Å². The van der Waals surface area contributed by atoms with Gasteiger partial charge in [0.1, 0.15) is 0 Å². The molecule has 0 amide bonds. The summed E-state index contributed by atoms with van der Waals surface area (Å²) in [5, 5.41) is 21.8. The van der Waals surface area contributed by atoms with Gasteiger partial charge in [0, 0.05) is 12.5 Å². The van der Waals surface area contributed by atoms with E-state index in [0.29, 0.717) is 5.56 Å². The quantitative estimate of drug-likeness (QED) is 0.362. The molecule has 2 rings (SSSR count). The van der Waals surface area contributed by atoms with Gasteiger partial charge in [0.2, 0.25) is 5.75 Å². The van der Waals surface area contributed by atoms with E-state index in [-0.39, 0.29) is 24.5 Å². The molecule has 7 heteroatoms. The molecule has 0 aliphatic heterocycles. The van der Waals surface area contributed by atoms with E-state index >= 15 is 0 Å². The Morgan fingerprint density at radius 2 is 1.79 bits per heavy atom. The van der Waals surface area contributed by atoms with Crippen LogP contribution in [0.3, 0.4) is 0 Å². The molecule has 0 aliphatic rings. The van der Waals surface area contributed by atoms with Crippen LogP contribution < -0.4 is 4.74 Å². The molecule has 1 unspecified atom stereocenters. The van der Waals surface area contributed by atoms with Gasteiger partial charge in [-0.05, 0) is 18.6 Å². The van der Waals surface area contributed by atoms with Crippen molar-refractivity contribution in [3.05, 3.63) is 70.3 Å². The molecule has 2 aromatic carbocycles. The summed E-state index contributed by atoms with van der Waals surface area (Å²) >= 11 is 0. The van der Waals surface area contributed by atoms with Crippen LogP contribution in [0.15, 0.2) is 54.6 Å².